The minimum atomic E-state index is -4.53. The third-order valence-electron chi connectivity index (χ3n) is 8.18. The molecule has 0 unspecified atom stereocenters. The van der Waals surface area contributed by atoms with Gasteiger partial charge in [-0.2, -0.15) is 17.6 Å². The van der Waals surface area contributed by atoms with Crippen molar-refractivity contribution >= 4 is 28.5 Å². The summed E-state index contributed by atoms with van der Waals surface area (Å²) in [5.41, 5.74) is 1.42. The molecule has 1 saturated heterocycles. The Hall–Kier alpha value is -5.23. The van der Waals surface area contributed by atoms with Crippen molar-refractivity contribution in [1.82, 2.24) is 30.1 Å². The Morgan fingerprint density at radius 1 is 1.08 bits per heavy atom. The van der Waals surface area contributed by atoms with Crippen LogP contribution >= 0.6 is 0 Å². The van der Waals surface area contributed by atoms with E-state index in [9.17, 15) is 31.5 Å². The second kappa shape index (κ2) is 14.9. The van der Waals surface area contributed by atoms with Gasteiger partial charge in [-0.1, -0.05) is 18.8 Å². The largest absolute Gasteiger partial charge is 0.494 e. The van der Waals surface area contributed by atoms with E-state index in [4.69, 9.17) is 4.74 Å². The molecule has 0 radical (unpaired) electrons. The number of aromatic nitrogens is 3. The van der Waals surface area contributed by atoms with E-state index >= 15 is 0 Å². The Balaban J connectivity index is 1.35. The number of carbonyl (C=O) groups is 2. The van der Waals surface area contributed by atoms with Crippen molar-refractivity contribution in [2.75, 3.05) is 39.1 Å². The zero-order valence-corrected chi connectivity index (χ0v) is 26.9. The van der Waals surface area contributed by atoms with Crippen LogP contribution in [0.2, 0.25) is 0 Å². The zero-order valence-electron chi connectivity index (χ0n) is 26.9. The van der Waals surface area contributed by atoms with E-state index in [0.29, 0.717) is 31.7 Å². The van der Waals surface area contributed by atoms with Crippen LogP contribution in [0.15, 0.2) is 48.9 Å². The van der Waals surface area contributed by atoms with Crippen LogP contribution in [-0.4, -0.2) is 77.3 Å². The standard InChI is InChI=1S/C34H34F5N7O3/c1-20-16-45(17-22-6-9-42-30(36)13-22)10-7-26(20)44-33(48)24-11-21(12-28-31(24)43-19-46(28)18-34(37,38)39)5-4-8-41-27-14-23(32(47)40-2)25(35)15-29(27)49-3/h6,9,11-15,19-20,26,41H,7-8,10,16-18H2,1-3H3,(H,40,47)(H,44,48)/t20-,26-/m0/s1. The summed E-state index contributed by atoms with van der Waals surface area (Å²) in [6, 6.07) is 8.17. The molecule has 10 nitrogen and oxygen atoms in total. The second-order valence-electron chi connectivity index (χ2n) is 11.7. The number of carbonyl (C=O) groups excluding carboxylic acids is 2. The van der Waals surface area contributed by atoms with Gasteiger partial charge in [0, 0.05) is 50.6 Å². The molecule has 3 N–H and O–H groups in total. The number of ether oxygens (including phenoxy) is 1. The molecule has 3 heterocycles. The lowest BCUT2D eigenvalue weighted by molar-refractivity contribution is -0.140. The number of likely N-dealkylation sites (tertiary alicyclic amines) is 1. The van der Waals surface area contributed by atoms with Crippen LogP contribution in [0, 0.1) is 29.5 Å². The third kappa shape index (κ3) is 8.63. The van der Waals surface area contributed by atoms with Crippen LogP contribution in [0.4, 0.5) is 27.6 Å². The normalized spacial score (nSPS) is 16.5. The molecule has 49 heavy (non-hydrogen) atoms. The lowest BCUT2D eigenvalue weighted by Crippen LogP contribution is -2.49. The van der Waals surface area contributed by atoms with E-state index < -0.39 is 36.3 Å². The summed E-state index contributed by atoms with van der Waals surface area (Å²) >= 11 is 0. The predicted molar refractivity (Wildman–Crippen MR) is 172 cm³/mol. The van der Waals surface area contributed by atoms with Crippen molar-refractivity contribution in [3.63, 3.8) is 0 Å². The quantitative estimate of drug-likeness (QED) is 0.133. The van der Waals surface area contributed by atoms with Crippen LogP contribution in [0.5, 0.6) is 5.75 Å². The molecule has 0 spiro atoms. The van der Waals surface area contributed by atoms with E-state index in [-0.39, 0.29) is 52.0 Å². The number of nitrogens with zero attached hydrogens (tertiary/aromatic N) is 4. The molecule has 1 aliphatic heterocycles. The maximum atomic E-state index is 14.4. The van der Waals surface area contributed by atoms with Crippen molar-refractivity contribution in [3.05, 3.63) is 82.9 Å². The molecule has 1 aliphatic rings. The molecule has 0 aliphatic carbocycles. The smallest absolute Gasteiger partial charge is 0.406 e. The Bertz CT molecular complexity index is 1920. The number of piperidine rings is 1. The number of methoxy groups -OCH3 is 1. The van der Waals surface area contributed by atoms with Crippen molar-refractivity contribution in [2.45, 2.75) is 38.7 Å². The van der Waals surface area contributed by atoms with Gasteiger partial charge in [-0.3, -0.25) is 14.5 Å². The van der Waals surface area contributed by atoms with Crippen molar-refractivity contribution in [1.29, 1.82) is 0 Å². The number of hydrogen-bond donors (Lipinski definition) is 3. The maximum Gasteiger partial charge on any atom is 0.406 e. The number of nitrogens with one attached hydrogen (secondary N) is 3. The van der Waals surface area contributed by atoms with Crippen molar-refractivity contribution in [2.24, 2.45) is 5.92 Å². The highest BCUT2D eigenvalue weighted by Crippen LogP contribution is 2.29. The molecule has 5 rings (SSSR count). The topological polar surface area (TPSA) is 113 Å². The number of alkyl halides is 3. The Kier molecular flexibility index (Phi) is 10.7. The molecule has 258 valence electrons. The number of hydrogen-bond acceptors (Lipinski definition) is 7. The van der Waals surface area contributed by atoms with Crippen LogP contribution in [-0.2, 0) is 13.1 Å². The number of rotatable bonds is 9. The number of pyridine rings is 1. The van der Waals surface area contributed by atoms with E-state index in [1.807, 2.05) is 6.92 Å². The van der Waals surface area contributed by atoms with Gasteiger partial charge in [-0.15, -0.1) is 0 Å². The van der Waals surface area contributed by atoms with Crippen LogP contribution < -0.4 is 20.7 Å². The number of fused-ring (bicyclic) bond motifs is 1. The molecular formula is C34H34F5N7O3. The van der Waals surface area contributed by atoms with Gasteiger partial charge in [0.2, 0.25) is 5.95 Å². The molecule has 0 bridgehead atoms. The first-order valence-electron chi connectivity index (χ1n) is 15.4. The number of benzene rings is 2. The van der Waals surface area contributed by atoms with E-state index in [0.717, 1.165) is 22.5 Å². The van der Waals surface area contributed by atoms with Crippen LogP contribution in [0.3, 0.4) is 0 Å². The molecular weight excluding hydrogens is 649 g/mol. The highest BCUT2D eigenvalue weighted by atomic mass is 19.4. The molecule has 0 saturated carbocycles. The number of imidazole rings is 1. The molecule has 2 aromatic heterocycles. The maximum absolute atomic E-state index is 14.4. The first-order chi connectivity index (χ1) is 23.3. The first kappa shape index (κ1) is 35.1. The van der Waals surface area contributed by atoms with Gasteiger partial charge < -0.3 is 25.3 Å². The third-order valence-corrected chi connectivity index (χ3v) is 8.18. The SMILES string of the molecule is CNC(=O)c1cc(NCC#Cc2cc(C(=O)N[C@H]3CCN(Cc4ccnc(F)c4)C[C@@H]3C)c3ncn(CC(F)(F)F)c3c2)c(OC)cc1F. The van der Waals surface area contributed by atoms with Crippen LogP contribution in [0.25, 0.3) is 11.0 Å². The van der Waals surface area contributed by atoms with Crippen molar-refractivity contribution in [3.8, 4) is 17.6 Å². The van der Waals surface area contributed by atoms with Crippen LogP contribution in [0.1, 0.15) is 45.2 Å². The van der Waals surface area contributed by atoms with Gasteiger partial charge in [-0.05, 0) is 48.2 Å². The van der Waals surface area contributed by atoms with Gasteiger partial charge >= 0.3 is 6.18 Å². The lowest BCUT2D eigenvalue weighted by Gasteiger charge is -2.37. The Labute approximate surface area is 279 Å². The van der Waals surface area contributed by atoms with Gasteiger partial charge in [0.05, 0.1) is 42.3 Å². The minimum absolute atomic E-state index is 0.0151. The summed E-state index contributed by atoms with van der Waals surface area (Å²) in [5.74, 6) is 3.43. The van der Waals surface area contributed by atoms with E-state index in [1.165, 1.54) is 44.6 Å². The number of halogens is 5. The number of amides is 2. The highest BCUT2D eigenvalue weighted by molar-refractivity contribution is 6.05. The molecule has 15 heteroatoms. The molecule has 4 aromatic rings. The summed E-state index contributed by atoms with van der Waals surface area (Å²) in [6.07, 6.45) is -1.47. The monoisotopic (exact) mass is 683 g/mol. The van der Waals surface area contributed by atoms with Gasteiger partial charge in [-0.25, -0.2) is 14.4 Å². The van der Waals surface area contributed by atoms with Gasteiger partial charge in [0.25, 0.3) is 11.8 Å². The average molecular weight is 684 g/mol. The molecule has 2 amide bonds. The zero-order chi connectivity index (χ0) is 35.3. The van der Waals surface area contributed by atoms with Gasteiger partial charge in [0.1, 0.15) is 23.6 Å². The fourth-order valence-electron chi connectivity index (χ4n) is 5.82. The Morgan fingerprint density at radius 3 is 2.57 bits per heavy atom. The fourth-order valence-corrected chi connectivity index (χ4v) is 5.82. The minimum Gasteiger partial charge on any atom is -0.494 e. The summed E-state index contributed by atoms with van der Waals surface area (Å²) in [4.78, 5) is 35.6. The Morgan fingerprint density at radius 2 is 1.88 bits per heavy atom. The first-order valence-corrected chi connectivity index (χ1v) is 15.4. The lowest BCUT2D eigenvalue weighted by atomic mass is 9.93. The fraction of sp³-hybridized carbons (Fsp3) is 0.353. The molecule has 2 atom stereocenters. The van der Waals surface area contributed by atoms with E-state index in [2.05, 4.69) is 42.7 Å². The predicted octanol–water partition coefficient (Wildman–Crippen LogP) is 4.74. The molecule has 2 aromatic carbocycles. The number of anilines is 1. The van der Waals surface area contributed by atoms with Crippen molar-refractivity contribution < 1.29 is 36.3 Å². The van der Waals surface area contributed by atoms with Gasteiger partial charge in [0.15, 0.2) is 0 Å². The summed E-state index contributed by atoms with van der Waals surface area (Å²) in [6.45, 7) is 2.46. The second-order valence-corrected chi connectivity index (χ2v) is 11.7. The molecule has 1 fully saturated rings. The summed E-state index contributed by atoms with van der Waals surface area (Å²) in [5, 5.41) is 8.35. The summed E-state index contributed by atoms with van der Waals surface area (Å²) < 4.78 is 74.2. The highest BCUT2D eigenvalue weighted by Gasteiger charge is 2.31. The van der Waals surface area contributed by atoms with E-state index in [1.54, 1.807) is 6.07 Å². The average Bonchev–Trinajstić information content (AvgIpc) is 3.44. The summed E-state index contributed by atoms with van der Waals surface area (Å²) in [7, 11) is 2.71.